The molecule has 1 aromatic carbocycles. The summed E-state index contributed by atoms with van der Waals surface area (Å²) in [7, 11) is 1.81. The van der Waals surface area contributed by atoms with Gasteiger partial charge in [0.2, 0.25) is 5.79 Å². The van der Waals surface area contributed by atoms with Gasteiger partial charge in [0, 0.05) is 37.0 Å². The molecule has 0 bridgehead atoms. The van der Waals surface area contributed by atoms with Crippen molar-refractivity contribution in [3.05, 3.63) is 22.7 Å². The Morgan fingerprint density at radius 1 is 1.21 bits per heavy atom. The van der Waals surface area contributed by atoms with Gasteiger partial charge in [-0.25, -0.2) is 0 Å². The highest BCUT2D eigenvalue weighted by Gasteiger charge is 2.32. The third-order valence-electron chi connectivity index (χ3n) is 2.94. The minimum atomic E-state index is -0.635. The molecule has 1 aliphatic rings. The monoisotopic (exact) mass is 323 g/mol. The Bertz CT molecular complexity index is 645. The second-order valence-electron chi connectivity index (χ2n) is 4.96. The van der Waals surface area contributed by atoms with Crippen molar-refractivity contribution in [3.63, 3.8) is 0 Å². The first-order valence-electron chi connectivity index (χ1n) is 5.87. The van der Waals surface area contributed by atoms with Gasteiger partial charge < -0.3 is 15.2 Å². The fraction of sp³-hybridized carbons (Fsp3) is 0.308. The molecule has 0 saturated carbocycles. The van der Waals surface area contributed by atoms with Crippen molar-refractivity contribution >= 4 is 21.7 Å². The zero-order chi connectivity index (χ0) is 13.8. The lowest BCUT2D eigenvalue weighted by Crippen LogP contribution is -2.29. The molecule has 0 aliphatic carbocycles. The van der Waals surface area contributed by atoms with Crippen LogP contribution < -0.4 is 15.2 Å². The molecule has 2 N–H and O–H groups in total. The molecule has 0 spiro atoms. The van der Waals surface area contributed by atoms with Crippen molar-refractivity contribution in [1.29, 1.82) is 0 Å². The number of anilines is 1. The van der Waals surface area contributed by atoms with Gasteiger partial charge in [-0.1, -0.05) is 0 Å². The number of nitrogens with two attached hydrogens (primary N) is 1. The third-order valence-corrected chi connectivity index (χ3v) is 3.59. The second-order valence-corrected chi connectivity index (χ2v) is 5.82. The summed E-state index contributed by atoms with van der Waals surface area (Å²) in [5, 5.41) is 4.37. The van der Waals surface area contributed by atoms with Crippen molar-refractivity contribution in [2.24, 2.45) is 7.05 Å². The predicted octanol–water partition coefficient (Wildman–Crippen LogP) is 2.94. The molecule has 19 heavy (non-hydrogen) atoms. The van der Waals surface area contributed by atoms with E-state index >= 15 is 0 Å². The number of benzene rings is 1. The lowest BCUT2D eigenvalue weighted by molar-refractivity contribution is -0.0431. The normalized spacial score (nSPS) is 15.8. The Morgan fingerprint density at radius 3 is 2.42 bits per heavy atom. The molecule has 0 saturated heterocycles. The minimum absolute atomic E-state index is 0.611. The van der Waals surface area contributed by atoms with Gasteiger partial charge in [0.05, 0.1) is 5.69 Å². The van der Waals surface area contributed by atoms with Crippen LogP contribution in [-0.2, 0) is 7.05 Å². The Kier molecular flexibility index (Phi) is 2.53. The molecule has 0 radical (unpaired) electrons. The van der Waals surface area contributed by atoms with Crippen LogP contribution in [0.5, 0.6) is 11.5 Å². The van der Waals surface area contributed by atoms with Gasteiger partial charge in [0.15, 0.2) is 11.5 Å². The van der Waals surface area contributed by atoms with Gasteiger partial charge in [0.1, 0.15) is 5.82 Å². The predicted molar refractivity (Wildman–Crippen MR) is 76.1 cm³/mol. The largest absolute Gasteiger partial charge is 0.449 e. The van der Waals surface area contributed by atoms with Crippen LogP contribution in [0.4, 0.5) is 5.82 Å². The Hall–Kier alpha value is -1.69. The van der Waals surface area contributed by atoms with Crippen molar-refractivity contribution in [2.45, 2.75) is 19.6 Å². The molecule has 6 heteroatoms. The Balaban J connectivity index is 2.10. The summed E-state index contributed by atoms with van der Waals surface area (Å²) in [6.07, 6.45) is 0. The van der Waals surface area contributed by atoms with Crippen LogP contribution in [-0.4, -0.2) is 15.6 Å². The average Bonchev–Trinajstić information content (AvgIpc) is 2.76. The lowest BCUT2D eigenvalue weighted by atomic mass is 10.1. The van der Waals surface area contributed by atoms with E-state index in [4.69, 9.17) is 15.2 Å². The van der Waals surface area contributed by atoms with E-state index in [0.29, 0.717) is 11.6 Å². The van der Waals surface area contributed by atoms with E-state index in [1.165, 1.54) is 0 Å². The summed E-state index contributed by atoms with van der Waals surface area (Å²) in [4.78, 5) is 0. The van der Waals surface area contributed by atoms with E-state index < -0.39 is 5.79 Å². The summed E-state index contributed by atoms with van der Waals surface area (Å²) < 4.78 is 14.0. The van der Waals surface area contributed by atoms with Crippen molar-refractivity contribution in [2.75, 3.05) is 5.73 Å². The number of nitrogens with zero attached hydrogens (tertiary/aromatic N) is 2. The molecule has 2 aromatic rings. The van der Waals surface area contributed by atoms with Crippen molar-refractivity contribution < 1.29 is 9.47 Å². The molecule has 0 fully saturated rings. The first-order chi connectivity index (χ1) is 8.85. The highest BCUT2D eigenvalue weighted by Crippen LogP contribution is 2.44. The molecule has 5 nitrogen and oxygen atoms in total. The topological polar surface area (TPSA) is 62.3 Å². The van der Waals surface area contributed by atoms with Gasteiger partial charge in [-0.15, -0.1) is 0 Å². The highest BCUT2D eigenvalue weighted by atomic mass is 79.9. The molecule has 0 unspecified atom stereocenters. The number of aryl methyl sites for hydroxylation is 1. The van der Waals surface area contributed by atoms with E-state index in [1.807, 2.05) is 39.1 Å². The number of hydrogen-bond acceptors (Lipinski definition) is 4. The number of aromatic nitrogens is 2. The molecule has 0 atom stereocenters. The molecule has 100 valence electrons. The van der Waals surface area contributed by atoms with Gasteiger partial charge in [-0.2, -0.15) is 5.10 Å². The fourth-order valence-electron chi connectivity index (χ4n) is 2.05. The van der Waals surface area contributed by atoms with E-state index in [-0.39, 0.29) is 0 Å². The number of nitrogen functional groups attached to an aromatic ring is 1. The fourth-order valence-corrected chi connectivity index (χ4v) is 2.58. The standard InChI is InChI=1S/C13H14BrN3O2/c1-13(2)18-10-4-7(8(14)5-11(10)19-13)9-6-12(15)17(3)16-9/h4-6H,15H2,1-3H3. The molecular formula is C13H14BrN3O2. The maximum absolute atomic E-state index is 5.81. The number of hydrogen-bond donors (Lipinski definition) is 1. The SMILES string of the molecule is Cn1nc(-c2cc3c(cc2Br)OC(C)(C)O3)cc1N. The number of ether oxygens (including phenoxy) is 2. The van der Waals surface area contributed by atoms with Gasteiger partial charge >= 0.3 is 0 Å². The van der Waals surface area contributed by atoms with Crippen molar-refractivity contribution in [3.8, 4) is 22.8 Å². The molecule has 0 amide bonds. The van der Waals surface area contributed by atoms with Crippen LogP contribution in [0.2, 0.25) is 0 Å². The van der Waals surface area contributed by atoms with Crippen LogP contribution >= 0.6 is 15.9 Å². The molecule has 1 aliphatic heterocycles. The lowest BCUT2D eigenvalue weighted by Gasteiger charge is -2.16. The van der Waals surface area contributed by atoms with Crippen LogP contribution in [0.3, 0.4) is 0 Å². The quantitative estimate of drug-likeness (QED) is 0.876. The average molecular weight is 324 g/mol. The summed E-state index contributed by atoms with van der Waals surface area (Å²) in [6.45, 7) is 3.75. The molecular weight excluding hydrogens is 310 g/mol. The van der Waals surface area contributed by atoms with Crippen LogP contribution in [0.25, 0.3) is 11.3 Å². The second kappa shape index (κ2) is 3.90. The van der Waals surface area contributed by atoms with Crippen LogP contribution in [0, 0.1) is 0 Å². The van der Waals surface area contributed by atoms with Crippen molar-refractivity contribution in [1.82, 2.24) is 9.78 Å². The third kappa shape index (κ3) is 2.06. The van der Waals surface area contributed by atoms with Gasteiger partial charge in [-0.3, -0.25) is 4.68 Å². The highest BCUT2D eigenvalue weighted by molar-refractivity contribution is 9.10. The summed E-state index contributed by atoms with van der Waals surface area (Å²) >= 11 is 3.53. The van der Waals surface area contributed by atoms with E-state index in [0.717, 1.165) is 21.5 Å². The Morgan fingerprint density at radius 2 is 1.84 bits per heavy atom. The molecule has 1 aromatic heterocycles. The first-order valence-corrected chi connectivity index (χ1v) is 6.66. The minimum Gasteiger partial charge on any atom is -0.449 e. The van der Waals surface area contributed by atoms with Crippen LogP contribution in [0.15, 0.2) is 22.7 Å². The van der Waals surface area contributed by atoms with E-state index in [9.17, 15) is 0 Å². The Labute approximate surface area is 119 Å². The van der Waals surface area contributed by atoms with Crippen LogP contribution in [0.1, 0.15) is 13.8 Å². The summed E-state index contributed by atoms with van der Waals surface area (Å²) in [5.74, 6) is 1.42. The first kappa shape index (κ1) is 12.3. The zero-order valence-corrected chi connectivity index (χ0v) is 12.5. The zero-order valence-electron chi connectivity index (χ0n) is 10.9. The van der Waals surface area contributed by atoms with E-state index in [2.05, 4.69) is 21.0 Å². The number of rotatable bonds is 1. The number of halogens is 1. The smallest absolute Gasteiger partial charge is 0.246 e. The summed E-state index contributed by atoms with van der Waals surface area (Å²) in [6, 6.07) is 5.63. The summed E-state index contributed by atoms with van der Waals surface area (Å²) in [5.41, 5.74) is 7.53. The maximum atomic E-state index is 5.81. The van der Waals surface area contributed by atoms with Gasteiger partial charge in [0.25, 0.3) is 0 Å². The number of fused-ring (bicyclic) bond motifs is 1. The maximum Gasteiger partial charge on any atom is 0.246 e. The molecule has 2 heterocycles. The van der Waals surface area contributed by atoms with E-state index in [1.54, 1.807) is 4.68 Å². The molecule has 3 rings (SSSR count). The van der Waals surface area contributed by atoms with Gasteiger partial charge in [-0.05, 0) is 28.1 Å².